The molecule has 56 valence electrons. The number of hydrogen-bond acceptors (Lipinski definition) is 0. The molecule has 1 saturated carbocycles. The zero-order valence-corrected chi connectivity index (χ0v) is 6.72. The second kappa shape index (κ2) is 4.32. The normalized spacial score (nSPS) is 19.3. The molecule has 0 aromatic rings. The molecule has 1 aliphatic rings. The van der Waals surface area contributed by atoms with Crippen LogP contribution in [0.25, 0.3) is 0 Å². The van der Waals surface area contributed by atoms with E-state index in [0.717, 1.165) is 12.3 Å². The minimum atomic E-state index is 1.04. The van der Waals surface area contributed by atoms with Crippen LogP contribution in [0.15, 0.2) is 24.3 Å². The Balaban J connectivity index is 1.93. The van der Waals surface area contributed by atoms with Gasteiger partial charge in [0.1, 0.15) is 0 Å². The van der Waals surface area contributed by atoms with Crippen LogP contribution in [0.5, 0.6) is 0 Å². The van der Waals surface area contributed by atoms with Gasteiger partial charge >= 0.3 is 0 Å². The van der Waals surface area contributed by atoms with Crippen LogP contribution in [-0.4, -0.2) is 0 Å². The van der Waals surface area contributed by atoms with Gasteiger partial charge in [0, 0.05) is 0 Å². The zero-order chi connectivity index (χ0) is 7.23. The molecular formula is C10H16. The zero-order valence-electron chi connectivity index (χ0n) is 6.72. The molecular weight excluding hydrogens is 120 g/mol. The van der Waals surface area contributed by atoms with Gasteiger partial charge in [-0.05, 0) is 38.5 Å². The average Bonchev–Trinajstić information content (AvgIpc) is 2.71. The first-order valence-corrected chi connectivity index (χ1v) is 4.19. The smallest absolute Gasteiger partial charge is 0.0169 e. The lowest BCUT2D eigenvalue weighted by atomic mass is 10.2. The summed E-state index contributed by atoms with van der Waals surface area (Å²) < 4.78 is 0. The molecule has 1 fully saturated rings. The number of hydrogen-bond donors (Lipinski definition) is 0. The second-order valence-electron chi connectivity index (χ2n) is 2.96. The topological polar surface area (TPSA) is 0 Å². The molecule has 0 saturated heterocycles. The van der Waals surface area contributed by atoms with Crippen molar-refractivity contribution >= 4 is 0 Å². The van der Waals surface area contributed by atoms with Gasteiger partial charge in [0.2, 0.25) is 0 Å². The molecule has 0 unspecified atom stereocenters. The molecule has 0 spiro atoms. The van der Waals surface area contributed by atoms with E-state index in [2.05, 4.69) is 31.2 Å². The highest BCUT2D eigenvalue weighted by atomic mass is 14.2. The highest BCUT2D eigenvalue weighted by molar-refractivity contribution is 4.93. The third-order valence-electron chi connectivity index (χ3n) is 1.84. The Labute approximate surface area is 63.6 Å². The summed E-state index contributed by atoms with van der Waals surface area (Å²) in [6.07, 6.45) is 14.2. The van der Waals surface area contributed by atoms with Crippen LogP contribution < -0.4 is 0 Å². The summed E-state index contributed by atoms with van der Waals surface area (Å²) in [4.78, 5) is 0. The van der Waals surface area contributed by atoms with E-state index in [-0.39, 0.29) is 0 Å². The Hall–Kier alpha value is -0.520. The molecule has 0 N–H and O–H groups in total. The van der Waals surface area contributed by atoms with E-state index in [9.17, 15) is 0 Å². The van der Waals surface area contributed by atoms with E-state index in [1.807, 2.05) is 0 Å². The van der Waals surface area contributed by atoms with Crippen LogP contribution in [0.4, 0.5) is 0 Å². The van der Waals surface area contributed by atoms with Crippen molar-refractivity contribution < 1.29 is 0 Å². The fourth-order valence-electron chi connectivity index (χ4n) is 0.953. The molecule has 10 heavy (non-hydrogen) atoms. The molecule has 0 atom stereocenters. The van der Waals surface area contributed by atoms with Crippen molar-refractivity contribution in [2.45, 2.75) is 32.6 Å². The lowest BCUT2D eigenvalue weighted by Crippen LogP contribution is -1.67. The first-order chi connectivity index (χ1) is 4.93. The molecule has 0 amide bonds. The fourth-order valence-corrected chi connectivity index (χ4v) is 0.953. The van der Waals surface area contributed by atoms with Gasteiger partial charge in [0.05, 0.1) is 0 Å². The van der Waals surface area contributed by atoms with Gasteiger partial charge in [-0.15, -0.1) is 0 Å². The predicted molar refractivity (Wildman–Crippen MR) is 45.9 cm³/mol. The van der Waals surface area contributed by atoms with Crippen LogP contribution in [-0.2, 0) is 0 Å². The van der Waals surface area contributed by atoms with Gasteiger partial charge in [0.25, 0.3) is 0 Å². The van der Waals surface area contributed by atoms with Crippen molar-refractivity contribution in [1.29, 1.82) is 0 Å². The lowest BCUT2D eigenvalue weighted by molar-refractivity contribution is 0.860. The van der Waals surface area contributed by atoms with E-state index in [1.165, 1.54) is 19.3 Å². The molecule has 0 heteroatoms. The lowest BCUT2D eigenvalue weighted by Gasteiger charge is -1.84. The van der Waals surface area contributed by atoms with E-state index in [4.69, 9.17) is 0 Å². The molecule has 0 radical (unpaired) electrons. The summed E-state index contributed by atoms with van der Waals surface area (Å²) in [5.74, 6) is 1.04. The first kappa shape index (κ1) is 7.59. The summed E-state index contributed by atoms with van der Waals surface area (Å²) in [5, 5.41) is 0. The molecule has 1 rings (SSSR count). The molecule has 0 aliphatic heterocycles. The number of rotatable bonds is 4. The second-order valence-corrected chi connectivity index (χ2v) is 2.96. The van der Waals surface area contributed by atoms with Crippen molar-refractivity contribution in [3.05, 3.63) is 24.3 Å². The quantitative estimate of drug-likeness (QED) is 0.520. The molecule has 0 heterocycles. The van der Waals surface area contributed by atoms with Crippen LogP contribution in [0.1, 0.15) is 32.6 Å². The first-order valence-electron chi connectivity index (χ1n) is 4.19. The van der Waals surface area contributed by atoms with Crippen LogP contribution >= 0.6 is 0 Å². The minimum Gasteiger partial charge on any atom is -0.0914 e. The Morgan fingerprint density at radius 2 is 2.00 bits per heavy atom. The third kappa shape index (κ3) is 3.49. The van der Waals surface area contributed by atoms with Gasteiger partial charge in [0.15, 0.2) is 0 Å². The van der Waals surface area contributed by atoms with Gasteiger partial charge in [-0.1, -0.05) is 24.3 Å². The highest BCUT2D eigenvalue weighted by Crippen LogP contribution is 2.32. The monoisotopic (exact) mass is 136 g/mol. The van der Waals surface area contributed by atoms with Gasteiger partial charge in [-0.3, -0.25) is 0 Å². The van der Waals surface area contributed by atoms with Crippen molar-refractivity contribution in [3.63, 3.8) is 0 Å². The van der Waals surface area contributed by atoms with Crippen molar-refractivity contribution in [2.24, 2.45) is 5.92 Å². The number of allylic oxidation sites excluding steroid dienone is 4. The average molecular weight is 136 g/mol. The summed E-state index contributed by atoms with van der Waals surface area (Å²) in [6.45, 7) is 2.06. The van der Waals surface area contributed by atoms with Gasteiger partial charge < -0.3 is 0 Å². The molecule has 0 aromatic carbocycles. The SMILES string of the molecule is CC=CC/C=C\CC1CC1. The molecule has 0 bridgehead atoms. The maximum atomic E-state index is 2.32. The van der Waals surface area contributed by atoms with Crippen LogP contribution in [0.2, 0.25) is 0 Å². The van der Waals surface area contributed by atoms with Crippen molar-refractivity contribution in [2.75, 3.05) is 0 Å². The standard InChI is InChI=1S/C10H16/c1-2-3-4-5-6-7-10-8-9-10/h2-3,5-6,10H,4,7-9H2,1H3/b3-2?,6-5-. The van der Waals surface area contributed by atoms with E-state index >= 15 is 0 Å². The largest absolute Gasteiger partial charge is 0.0914 e. The molecule has 1 aliphatic carbocycles. The Morgan fingerprint density at radius 3 is 2.60 bits per heavy atom. The van der Waals surface area contributed by atoms with E-state index in [0.29, 0.717) is 0 Å². The minimum absolute atomic E-state index is 1.04. The Morgan fingerprint density at radius 1 is 1.20 bits per heavy atom. The maximum Gasteiger partial charge on any atom is -0.0169 e. The molecule has 0 aromatic heterocycles. The van der Waals surface area contributed by atoms with Gasteiger partial charge in [-0.2, -0.15) is 0 Å². The van der Waals surface area contributed by atoms with E-state index in [1.54, 1.807) is 0 Å². The molecule has 0 nitrogen and oxygen atoms in total. The summed E-state index contributed by atoms with van der Waals surface area (Å²) in [5.41, 5.74) is 0. The summed E-state index contributed by atoms with van der Waals surface area (Å²) in [6, 6.07) is 0. The fraction of sp³-hybridized carbons (Fsp3) is 0.600. The van der Waals surface area contributed by atoms with Crippen LogP contribution in [0, 0.1) is 5.92 Å². The predicted octanol–water partition coefficient (Wildman–Crippen LogP) is 3.31. The maximum absolute atomic E-state index is 2.32. The Bertz CT molecular complexity index is 127. The Kier molecular flexibility index (Phi) is 3.28. The van der Waals surface area contributed by atoms with Crippen molar-refractivity contribution in [3.8, 4) is 0 Å². The summed E-state index contributed by atoms with van der Waals surface area (Å²) in [7, 11) is 0. The van der Waals surface area contributed by atoms with Crippen molar-refractivity contribution in [1.82, 2.24) is 0 Å². The van der Waals surface area contributed by atoms with Gasteiger partial charge in [-0.25, -0.2) is 0 Å². The third-order valence-corrected chi connectivity index (χ3v) is 1.84. The van der Waals surface area contributed by atoms with Crippen LogP contribution in [0.3, 0.4) is 0 Å². The van der Waals surface area contributed by atoms with E-state index < -0.39 is 0 Å². The highest BCUT2D eigenvalue weighted by Gasteiger charge is 2.18. The summed E-state index contributed by atoms with van der Waals surface area (Å²) >= 11 is 0.